The predicted molar refractivity (Wildman–Crippen MR) is 98.0 cm³/mol. The van der Waals surface area contributed by atoms with E-state index in [9.17, 15) is 9.59 Å². The highest BCUT2D eigenvalue weighted by molar-refractivity contribution is 6.01. The number of esters is 2. The quantitative estimate of drug-likeness (QED) is 0.375. The molecule has 0 bridgehead atoms. The van der Waals surface area contributed by atoms with Crippen LogP contribution in [-0.2, 0) is 19.1 Å². The molecule has 4 heteroatoms. The summed E-state index contributed by atoms with van der Waals surface area (Å²) in [6, 6.07) is 0. The van der Waals surface area contributed by atoms with Gasteiger partial charge in [0.2, 0.25) is 0 Å². The minimum absolute atomic E-state index is 0.419. The smallest absolute Gasteiger partial charge is 0.327 e. The molecule has 4 nitrogen and oxygen atoms in total. The van der Waals surface area contributed by atoms with Crippen molar-refractivity contribution < 1.29 is 19.1 Å². The van der Waals surface area contributed by atoms with Crippen LogP contribution in [-0.4, -0.2) is 25.2 Å². The van der Waals surface area contributed by atoms with E-state index in [1.165, 1.54) is 38.5 Å². The highest BCUT2D eigenvalue weighted by atomic mass is 16.6. The SMILES string of the molecule is CC=CC(C)(C(=O)OCC1CCCCC1)C(=O)OCC1CCCCC1. The molecule has 0 saturated heterocycles. The molecule has 0 aliphatic heterocycles. The van der Waals surface area contributed by atoms with E-state index >= 15 is 0 Å². The van der Waals surface area contributed by atoms with Crippen molar-refractivity contribution >= 4 is 11.9 Å². The topological polar surface area (TPSA) is 52.6 Å². The molecule has 2 fully saturated rings. The number of hydrogen-bond donors (Lipinski definition) is 0. The Morgan fingerprint density at radius 2 is 1.24 bits per heavy atom. The largest absolute Gasteiger partial charge is 0.464 e. The number of carbonyl (C=O) groups excluding carboxylic acids is 2. The van der Waals surface area contributed by atoms with Gasteiger partial charge in [-0.3, -0.25) is 9.59 Å². The van der Waals surface area contributed by atoms with Crippen molar-refractivity contribution in [1.82, 2.24) is 0 Å². The maximum absolute atomic E-state index is 12.6. The van der Waals surface area contributed by atoms with Gasteiger partial charge in [-0.25, -0.2) is 0 Å². The van der Waals surface area contributed by atoms with Gasteiger partial charge < -0.3 is 9.47 Å². The number of carbonyl (C=O) groups is 2. The van der Waals surface area contributed by atoms with Gasteiger partial charge in [-0.15, -0.1) is 0 Å². The summed E-state index contributed by atoms with van der Waals surface area (Å²) in [5.74, 6) is -0.0914. The summed E-state index contributed by atoms with van der Waals surface area (Å²) >= 11 is 0. The van der Waals surface area contributed by atoms with E-state index in [0.717, 1.165) is 25.7 Å². The van der Waals surface area contributed by atoms with Gasteiger partial charge >= 0.3 is 11.9 Å². The van der Waals surface area contributed by atoms with Crippen molar-refractivity contribution in [2.75, 3.05) is 13.2 Å². The fourth-order valence-corrected chi connectivity index (χ4v) is 3.95. The first-order valence-corrected chi connectivity index (χ1v) is 10.0. The van der Waals surface area contributed by atoms with Gasteiger partial charge in [0.1, 0.15) is 0 Å². The van der Waals surface area contributed by atoms with Crippen LogP contribution >= 0.6 is 0 Å². The maximum Gasteiger partial charge on any atom is 0.327 e. The van der Waals surface area contributed by atoms with Crippen molar-refractivity contribution in [3.63, 3.8) is 0 Å². The molecule has 0 amide bonds. The lowest BCUT2D eigenvalue weighted by Gasteiger charge is -2.27. The highest BCUT2D eigenvalue weighted by Crippen LogP contribution is 2.29. The van der Waals surface area contributed by atoms with Gasteiger partial charge in [-0.2, -0.15) is 0 Å². The van der Waals surface area contributed by atoms with Gasteiger partial charge in [0, 0.05) is 0 Å². The van der Waals surface area contributed by atoms with Crippen LogP contribution in [0.25, 0.3) is 0 Å². The highest BCUT2D eigenvalue weighted by Gasteiger charge is 2.42. The van der Waals surface area contributed by atoms with Crippen molar-refractivity contribution in [2.45, 2.75) is 78.1 Å². The monoisotopic (exact) mass is 350 g/mol. The van der Waals surface area contributed by atoms with Crippen LogP contribution in [0.2, 0.25) is 0 Å². The second kappa shape index (κ2) is 9.98. The van der Waals surface area contributed by atoms with E-state index in [1.54, 1.807) is 26.0 Å². The Balaban J connectivity index is 1.87. The first kappa shape index (κ1) is 20.0. The molecule has 0 aromatic heterocycles. The normalized spacial score (nSPS) is 20.6. The molecule has 2 aliphatic rings. The first-order chi connectivity index (χ1) is 12.1. The van der Waals surface area contributed by atoms with Crippen LogP contribution in [0.5, 0.6) is 0 Å². The van der Waals surface area contributed by atoms with Gasteiger partial charge in [-0.1, -0.05) is 50.7 Å². The molecule has 2 saturated carbocycles. The van der Waals surface area contributed by atoms with Crippen LogP contribution in [0, 0.1) is 17.3 Å². The molecule has 0 unspecified atom stereocenters. The van der Waals surface area contributed by atoms with E-state index in [1.807, 2.05) is 0 Å². The molecule has 25 heavy (non-hydrogen) atoms. The van der Waals surface area contributed by atoms with E-state index < -0.39 is 17.4 Å². The average Bonchev–Trinajstić information content (AvgIpc) is 2.65. The molecular formula is C21H34O4. The van der Waals surface area contributed by atoms with Crippen molar-refractivity contribution in [3.8, 4) is 0 Å². The summed E-state index contributed by atoms with van der Waals surface area (Å²) in [5, 5.41) is 0. The molecule has 0 aromatic carbocycles. The maximum atomic E-state index is 12.6. The average molecular weight is 350 g/mol. The third kappa shape index (κ3) is 5.86. The van der Waals surface area contributed by atoms with Crippen molar-refractivity contribution in [1.29, 1.82) is 0 Å². The molecule has 0 N–H and O–H groups in total. The van der Waals surface area contributed by atoms with Gasteiger partial charge in [-0.05, 0) is 51.4 Å². The zero-order valence-corrected chi connectivity index (χ0v) is 15.9. The van der Waals surface area contributed by atoms with Crippen LogP contribution < -0.4 is 0 Å². The molecule has 0 spiro atoms. The number of rotatable bonds is 7. The first-order valence-electron chi connectivity index (χ1n) is 10.0. The summed E-state index contributed by atoms with van der Waals surface area (Å²) in [5.41, 5.74) is -1.34. The zero-order chi connectivity index (χ0) is 18.1. The second-order valence-corrected chi connectivity index (χ2v) is 7.91. The summed E-state index contributed by atoms with van der Waals surface area (Å²) < 4.78 is 11.0. The molecule has 0 radical (unpaired) electrons. The van der Waals surface area contributed by atoms with E-state index in [-0.39, 0.29) is 0 Å². The minimum atomic E-state index is -1.34. The molecule has 2 rings (SSSR count). The molecule has 2 aliphatic carbocycles. The minimum Gasteiger partial charge on any atom is -0.464 e. The number of ether oxygens (including phenoxy) is 2. The molecule has 0 heterocycles. The van der Waals surface area contributed by atoms with Gasteiger partial charge in [0.25, 0.3) is 0 Å². The molecule has 0 aromatic rings. The zero-order valence-electron chi connectivity index (χ0n) is 15.9. The lowest BCUT2D eigenvalue weighted by molar-refractivity contribution is -0.169. The number of hydrogen-bond acceptors (Lipinski definition) is 4. The summed E-state index contributed by atoms with van der Waals surface area (Å²) in [4.78, 5) is 25.2. The Morgan fingerprint density at radius 1 is 0.840 bits per heavy atom. The van der Waals surface area contributed by atoms with E-state index in [2.05, 4.69) is 0 Å². The number of allylic oxidation sites excluding steroid dienone is 1. The predicted octanol–water partition coefficient (Wildman–Crippen LogP) is 4.82. The van der Waals surface area contributed by atoms with E-state index in [0.29, 0.717) is 25.0 Å². The lowest BCUT2D eigenvalue weighted by atomic mass is 9.88. The Hall–Kier alpha value is -1.32. The molecule has 142 valence electrons. The Kier molecular flexibility index (Phi) is 7.98. The Bertz CT molecular complexity index is 423. The fourth-order valence-electron chi connectivity index (χ4n) is 3.95. The molecular weight excluding hydrogens is 316 g/mol. The van der Waals surface area contributed by atoms with Crippen LogP contribution in [0.4, 0.5) is 0 Å². The summed E-state index contributed by atoms with van der Waals surface area (Å²) in [6.07, 6.45) is 15.1. The molecule has 0 atom stereocenters. The lowest BCUT2D eigenvalue weighted by Crippen LogP contribution is -2.39. The van der Waals surface area contributed by atoms with Gasteiger partial charge in [0.15, 0.2) is 5.41 Å². The van der Waals surface area contributed by atoms with Crippen molar-refractivity contribution in [3.05, 3.63) is 12.2 Å². The summed E-state index contributed by atoms with van der Waals surface area (Å²) in [6.45, 7) is 4.25. The Morgan fingerprint density at radius 3 is 1.60 bits per heavy atom. The van der Waals surface area contributed by atoms with Crippen LogP contribution in [0.15, 0.2) is 12.2 Å². The van der Waals surface area contributed by atoms with Crippen LogP contribution in [0.3, 0.4) is 0 Å². The van der Waals surface area contributed by atoms with Crippen LogP contribution in [0.1, 0.15) is 78.1 Å². The Labute approximate surface area is 152 Å². The standard InChI is InChI=1S/C21H34O4/c1-3-14-21(2,19(22)24-15-17-10-6-4-7-11-17)20(23)25-16-18-12-8-5-9-13-18/h3,14,17-18H,4-13,15-16H2,1-2H3. The van der Waals surface area contributed by atoms with E-state index in [4.69, 9.17) is 9.47 Å². The third-order valence-electron chi connectivity index (χ3n) is 5.70. The fraction of sp³-hybridized carbons (Fsp3) is 0.810. The van der Waals surface area contributed by atoms with Crippen molar-refractivity contribution in [2.24, 2.45) is 17.3 Å². The third-order valence-corrected chi connectivity index (χ3v) is 5.70. The summed E-state index contributed by atoms with van der Waals surface area (Å²) in [7, 11) is 0. The van der Waals surface area contributed by atoms with Gasteiger partial charge in [0.05, 0.1) is 13.2 Å². The second-order valence-electron chi connectivity index (χ2n) is 7.91.